The fourth-order valence-electron chi connectivity index (χ4n) is 15.0. The van der Waals surface area contributed by atoms with Crippen LogP contribution in [0.1, 0.15) is 126 Å². The number of ether oxygens (including phenoxy) is 3. The van der Waals surface area contributed by atoms with E-state index in [1.54, 1.807) is 37.5 Å². The molecule has 2 aliphatic heterocycles. The molecule has 5 aromatic rings. The SMILES string of the molecule is COc1ccc(N2c3cc(C)c(/C=C/C4=C(Oc5ccc(C67CC8CC(CC(C8)C6)C7)cc5)C(=C/C=C/C5=C(C#N)C(=C(C#N)C#N)OC5(c5ccc(-c6ccccc6)cc5)C(F)(F)F)/CC(C)(C)C4)cc3C(C)CC2(C)C)cc1. The predicted octanol–water partition coefficient (Wildman–Crippen LogP) is 17.8. The first-order chi connectivity index (χ1) is 38.3. The fraction of sp³-hybridized carbons (Fsp3) is 0.357. The molecule has 4 fully saturated rings. The van der Waals surface area contributed by atoms with E-state index in [0.717, 1.165) is 63.4 Å². The summed E-state index contributed by atoms with van der Waals surface area (Å²) in [6.07, 6.45) is 13.6. The Morgan fingerprint density at radius 1 is 0.725 bits per heavy atom. The van der Waals surface area contributed by atoms with Gasteiger partial charge in [-0.1, -0.05) is 118 Å². The molecule has 7 nitrogen and oxygen atoms in total. The summed E-state index contributed by atoms with van der Waals surface area (Å²) in [4.78, 5) is 2.44. The molecular weight excluding hydrogens is 1000 g/mol. The lowest BCUT2D eigenvalue weighted by Crippen LogP contribution is -2.48. The van der Waals surface area contributed by atoms with Crippen LogP contribution in [0.5, 0.6) is 11.5 Å². The quantitative estimate of drug-likeness (QED) is 0.121. The molecule has 4 bridgehead atoms. The molecule has 80 heavy (non-hydrogen) atoms. The van der Waals surface area contributed by atoms with Crippen LogP contribution in [0.15, 0.2) is 179 Å². The average Bonchev–Trinajstić information content (AvgIpc) is 3.96. The topological polar surface area (TPSA) is 102 Å². The lowest BCUT2D eigenvalue weighted by atomic mass is 9.48. The predicted molar refractivity (Wildman–Crippen MR) is 308 cm³/mol. The molecule has 0 saturated heterocycles. The Kier molecular flexibility index (Phi) is 13.9. The summed E-state index contributed by atoms with van der Waals surface area (Å²) in [5, 5.41) is 30.7. The van der Waals surface area contributed by atoms with Gasteiger partial charge in [-0.05, 0) is 206 Å². The molecule has 12 rings (SSSR count). The number of methoxy groups -OCH3 is 1. The molecule has 406 valence electrons. The molecular formula is C70H67F3N4O3. The summed E-state index contributed by atoms with van der Waals surface area (Å²) in [6.45, 7) is 13.4. The van der Waals surface area contributed by atoms with Crippen molar-refractivity contribution < 1.29 is 27.4 Å². The van der Waals surface area contributed by atoms with Crippen LogP contribution in [-0.4, -0.2) is 18.8 Å². The number of alkyl halides is 3. The fourth-order valence-corrected chi connectivity index (χ4v) is 15.0. The number of nitrogens with zero attached hydrogens (tertiary/aromatic N) is 4. The van der Waals surface area contributed by atoms with Crippen molar-refractivity contribution in [1.29, 1.82) is 15.8 Å². The van der Waals surface area contributed by atoms with E-state index in [0.29, 0.717) is 29.9 Å². The van der Waals surface area contributed by atoms with E-state index in [1.165, 1.54) is 79.6 Å². The number of hydrogen-bond acceptors (Lipinski definition) is 7. The van der Waals surface area contributed by atoms with Crippen LogP contribution in [0.2, 0.25) is 0 Å². The third-order valence-corrected chi connectivity index (χ3v) is 18.1. The maximum atomic E-state index is 16.2. The second-order valence-electron chi connectivity index (χ2n) is 24.9. The van der Waals surface area contributed by atoms with Crippen LogP contribution in [0.4, 0.5) is 24.5 Å². The zero-order valence-electron chi connectivity index (χ0n) is 46.7. The first kappa shape index (κ1) is 54.0. The summed E-state index contributed by atoms with van der Waals surface area (Å²) in [6, 6.07) is 41.8. The lowest BCUT2D eigenvalue weighted by molar-refractivity contribution is -0.249. The maximum absolute atomic E-state index is 16.2. The average molecular weight is 1070 g/mol. The van der Waals surface area contributed by atoms with Gasteiger partial charge in [0.1, 0.15) is 41.0 Å². The second kappa shape index (κ2) is 20.6. The van der Waals surface area contributed by atoms with Crippen molar-refractivity contribution in [2.75, 3.05) is 12.0 Å². The molecule has 2 unspecified atom stereocenters. The number of fused-ring (bicyclic) bond motifs is 1. The third kappa shape index (κ3) is 9.74. The molecule has 0 aromatic heterocycles. The first-order valence-electron chi connectivity index (χ1n) is 28.0. The molecule has 5 aromatic carbocycles. The zero-order chi connectivity index (χ0) is 56.4. The minimum atomic E-state index is -5.16. The highest BCUT2D eigenvalue weighted by Crippen LogP contribution is 2.61. The summed E-state index contributed by atoms with van der Waals surface area (Å²) < 4.78 is 67.0. The normalized spacial score (nSPS) is 26.1. The Morgan fingerprint density at radius 3 is 1.94 bits per heavy atom. The molecule has 2 heterocycles. The van der Waals surface area contributed by atoms with Gasteiger partial charge < -0.3 is 19.1 Å². The van der Waals surface area contributed by atoms with Gasteiger partial charge in [0.05, 0.1) is 7.11 Å². The van der Waals surface area contributed by atoms with Crippen LogP contribution < -0.4 is 14.4 Å². The van der Waals surface area contributed by atoms with Crippen molar-refractivity contribution in [3.05, 3.63) is 207 Å². The van der Waals surface area contributed by atoms with E-state index >= 15 is 13.2 Å². The summed E-state index contributed by atoms with van der Waals surface area (Å²) in [7, 11) is 1.68. The molecule has 0 N–H and O–H groups in total. The standard InChI is InChI=1S/C70H67F3N4O3/c1-44-30-63-60(45(2)35-67(5,6)77(63)57-24-28-58(78-7)29-25-57)34-51(44)16-17-53-40-66(3,4)39-52(64(53)79-59-26-22-55(23-27-59)68-36-46-31-47(37-68)33-48(32-46)38-68)14-11-15-62-61(43-76)65(54(41-74)42-75)80-69(62,70(71,72)73)56-20-18-50(19-21-56)49-12-9-8-10-13-49/h8-30,34,45-48H,31-33,35-40H2,1-7H3/b15-11+,17-16+,52-14+. The van der Waals surface area contributed by atoms with Gasteiger partial charge in [0, 0.05) is 28.1 Å². The van der Waals surface area contributed by atoms with E-state index in [9.17, 15) is 15.8 Å². The highest BCUT2D eigenvalue weighted by molar-refractivity contribution is 5.75. The third-order valence-electron chi connectivity index (χ3n) is 18.1. The number of halogens is 3. The number of hydrogen-bond donors (Lipinski definition) is 0. The van der Waals surface area contributed by atoms with Gasteiger partial charge in [-0.25, -0.2) is 0 Å². The van der Waals surface area contributed by atoms with Crippen LogP contribution in [-0.2, 0) is 15.8 Å². The van der Waals surface area contributed by atoms with E-state index in [4.69, 9.17) is 14.2 Å². The van der Waals surface area contributed by atoms with Crippen molar-refractivity contribution in [2.45, 2.75) is 128 Å². The van der Waals surface area contributed by atoms with Crippen LogP contribution >= 0.6 is 0 Å². The Bertz CT molecular complexity index is 3520. The van der Waals surface area contributed by atoms with Gasteiger partial charge >= 0.3 is 6.18 Å². The molecule has 7 aliphatic rings. The zero-order valence-corrected chi connectivity index (χ0v) is 46.7. The molecule has 2 atom stereocenters. The van der Waals surface area contributed by atoms with E-state index in [-0.39, 0.29) is 27.9 Å². The minimum absolute atomic E-state index is 0.158. The van der Waals surface area contributed by atoms with Gasteiger partial charge in [0.25, 0.3) is 5.60 Å². The summed E-state index contributed by atoms with van der Waals surface area (Å²) >= 11 is 0. The molecule has 10 heteroatoms. The number of rotatable bonds is 11. The van der Waals surface area contributed by atoms with E-state index in [1.807, 2.05) is 48.5 Å². The molecule has 0 amide bonds. The van der Waals surface area contributed by atoms with Gasteiger partial charge in [-0.3, -0.25) is 0 Å². The monoisotopic (exact) mass is 1070 g/mol. The number of benzene rings is 5. The lowest BCUT2D eigenvalue weighted by Gasteiger charge is -2.57. The first-order valence-corrected chi connectivity index (χ1v) is 28.0. The molecule has 0 radical (unpaired) electrons. The van der Waals surface area contributed by atoms with Crippen LogP contribution in [0.3, 0.4) is 0 Å². The second-order valence-corrected chi connectivity index (χ2v) is 24.9. The van der Waals surface area contributed by atoms with E-state index in [2.05, 4.69) is 107 Å². The van der Waals surface area contributed by atoms with Gasteiger partial charge in [-0.2, -0.15) is 29.0 Å². The summed E-state index contributed by atoms with van der Waals surface area (Å²) in [5.41, 5.74) is 4.57. The van der Waals surface area contributed by atoms with Gasteiger partial charge in [0.15, 0.2) is 11.3 Å². The Hall–Kier alpha value is -8.00. The van der Waals surface area contributed by atoms with Crippen molar-refractivity contribution in [3.63, 3.8) is 0 Å². The van der Waals surface area contributed by atoms with Crippen LogP contribution in [0, 0.1) is 64.1 Å². The highest BCUT2D eigenvalue weighted by atomic mass is 19.4. The van der Waals surface area contributed by atoms with Gasteiger partial charge in [-0.15, -0.1) is 0 Å². The van der Waals surface area contributed by atoms with Crippen molar-refractivity contribution in [1.82, 2.24) is 0 Å². The molecule has 5 aliphatic carbocycles. The minimum Gasteiger partial charge on any atom is -0.497 e. The Labute approximate surface area is 469 Å². The summed E-state index contributed by atoms with van der Waals surface area (Å²) in [5.74, 6) is 4.02. The van der Waals surface area contributed by atoms with Crippen molar-refractivity contribution >= 4 is 17.5 Å². The maximum Gasteiger partial charge on any atom is 0.437 e. The van der Waals surface area contributed by atoms with Crippen LogP contribution in [0.25, 0.3) is 17.2 Å². The van der Waals surface area contributed by atoms with Crippen molar-refractivity contribution in [2.24, 2.45) is 23.2 Å². The largest absolute Gasteiger partial charge is 0.497 e. The molecule has 4 saturated carbocycles. The Morgan fingerprint density at radius 2 is 1.34 bits per heavy atom. The smallest absolute Gasteiger partial charge is 0.437 e. The number of allylic oxidation sites excluding steroid dienone is 7. The highest BCUT2D eigenvalue weighted by Gasteiger charge is 2.65. The molecule has 0 spiro atoms. The Balaban J connectivity index is 1.02. The number of anilines is 2. The van der Waals surface area contributed by atoms with E-state index < -0.39 is 34.3 Å². The number of nitriles is 3. The van der Waals surface area contributed by atoms with Crippen molar-refractivity contribution in [3.8, 4) is 40.8 Å². The number of aryl methyl sites for hydroxylation is 1. The van der Waals surface area contributed by atoms with Gasteiger partial charge in [0.2, 0.25) is 0 Å².